The second-order valence-electron chi connectivity index (χ2n) is 4.62. The first-order chi connectivity index (χ1) is 10.1. The first-order valence-electron chi connectivity index (χ1n) is 6.64. The van der Waals surface area contributed by atoms with Crippen molar-refractivity contribution in [1.82, 2.24) is 5.32 Å². The van der Waals surface area contributed by atoms with Crippen LogP contribution in [0.1, 0.15) is 11.7 Å². The predicted octanol–water partition coefficient (Wildman–Crippen LogP) is 2.09. The summed E-state index contributed by atoms with van der Waals surface area (Å²) in [6.45, 7) is 0.307. The van der Waals surface area contributed by atoms with Gasteiger partial charge in [-0.2, -0.15) is 0 Å². The number of nitrogens with one attached hydrogen (secondary N) is 2. The van der Waals surface area contributed by atoms with Crippen molar-refractivity contribution in [3.63, 3.8) is 0 Å². The molecule has 0 saturated carbocycles. The second-order valence-corrected chi connectivity index (χ2v) is 4.62. The van der Waals surface area contributed by atoms with Crippen LogP contribution in [0.15, 0.2) is 54.6 Å². The summed E-state index contributed by atoms with van der Waals surface area (Å²) in [6.07, 6.45) is -0.673. The van der Waals surface area contributed by atoms with Gasteiger partial charge >= 0.3 is 0 Å². The highest BCUT2D eigenvalue weighted by atomic mass is 19.1. The molecule has 1 unspecified atom stereocenters. The van der Waals surface area contributed by atoms with Crippen LogP contribution in [0.5, 0.6) is 0 Å². The van der Waals surface area contributed by atoms with Crippen molar-refractivity contribution >= 4 is 11.6 Å². The van der Waals surface area contributed by atoms with Crippen LogP contribution >= 0.6 is 0 Å². The average Bonchev–Trinajstić information content (AvgIpc) is 2.48. The molecule has 0 aliphatic carbocycles. The van der Waals surface area contributed by atoms with E-state index in [1.807, 2.05) is 30.3 Å². The summed E-state index contributed by atoms with van der Waals surface area (Å²) < 4.78 is 13.0. The van der Waals surface area contributed by atoms with Crippen LogP contribution in [0.4, 0.5) is 10.1 Å². The minimum atomic E-state index is -0.673. The van der Waals surface area contributed by atoms with Crippen molar-refractivity contribution in [3.05, 3.63) is 66.0 Å². The molecule has 110 valence electrons. The summed E-state index contributed by atoms with van der Waals surface area (Å²) in [5.41, 5.74) is 1.20. The molecule has 2 rings (SSSR count). The summed E-state index contributed by atoms with van der Waals surface area (Å²) in [7, 11) is 0. The van der Waals surface area contributed by atoms with Crippen LogP contribution in [0.25, 0.3) is 0 Å². The Morgan fingerprint density at radius 2 is 1.90 bits per heavy atom. The van der Waals surface area contributed by atoms with E-state index >= 15 is 0 Å². The molecule has 4 nitrogen and oxygen atoms in total. The monoisotopic (exact) mass is 288 g/mol. The van der Waals surface area contributed by atoms with Crippen LogP contribution in [0, 0.1) is 5.82 Å². The number of hydrogen-bond acceptors (Lipinski definition) is 3. The van der Waals surface area contributed by atoms with Gasteiger partial charge in [0, 0.05) is 12.2 Å². The van der Waals surface area contributed by atoms with E-state index in [4.69, 9.17) is 0 Å². The lowest BCUT2D eigenvalue weighted by Crippen LogP contribution is -2.31. The summed E-state index contributed by atoms with van der Waals surface area (Å²) in [4.78, 5) is 11.7. The van der Waals surface area contributed by atoms with Gasteiger partial charge in [0.2, 0.25) is 5.91 Å². The standard InChI is InChI=1S/C16H17FN2O2/c17-13-7-4-8-14(9-13)19-16(21)11-18-10-15(20)12-5-2-1-3-6-12/h1-9,15,18,20H,10-11H2,(H,19,21). The Balaban J connectivity index is 1.74. The van der Waals surface area contributed by atoms with E-state index in [1.54, 1.807) is 6.07 Å². The number of hydrogen-bond donors (Lipinski definition) is 3. The van der Waals surface area contributed by atoms with Crippen molar-refractivity contribution < 1.29 is 14.3 Å². The number of carbonyl (C=O) groups is 1. The molecule has 5 heteroatoms. The van der Waals surface area contributed by atoms with Crippen molar-refractivity contribution in [2.45, 2.75) is 6.10 Å². The number of halogens is 1. The fraction of sp³-hybridized carbons (Fsp3) is 0.188. The molecule has 0 aliphatic rings. The SMILES string of the molecule is O=C(CNCC(O)c1ccccc1)Nc1cccc(F)c1. The van der Waals surface area contributed by atoms with E-state index in [1.165, 1.54) is 18.2 Å². The van der Waals surface area contributed by atoms with Crippen molar-refractivity contribution in [1.29, 1.82) is 0 Å². The maximum atomic E-state index is 13.0. The van der Waals surface area contributed by atoms with Crippen LogP contribution in [-0.2, 0) is 4.79 Å². The fourth-order valence-corrected chi connectivity index (χ4v) is 1.89. The average molecular weight is 288 g/mol. The zero-order chi connectivity index (χ0) is 15.1. The number of rotatable bonds is 6. The number of aliphatic hydroxyl groups excluding tert-OH is 1. The first-order valence-corrected chi connectivity index (χ1v) is 6.64. The van der Waals surface area contributed by atoms with E-state index < -0.39 is 11.9 Å². The van der Waals surface area contributed by atoms with E-state index in [-0.39, 0.29) is 19.0 Å². The predicted molar refractivity (Wildman–Crippen MR) is 79.3 cm³/mol. The summed E-state index contributed by atoms with van der Waals surface area (Å²) in [5.74, 6) is -0.693. The molecule has 2 aromatic carbocycles. The van der Waals surface area contributed by atoms with Gasteiger partial charge in [-0.05, 0) is 23.8 Å². The molecule has 21 heavy (non-hydrogen) atoms. The molecule has 0 heterocycles. The molecule has 0 radical (unpaired) electrons. The molecular formula is C16H17FN2O2. The molecule has 0 fully saturated rings. The third kappa shape index (κ3) is 4.98. The third-order valence-electron chi connectivity index (χ3n) is 2.92. The first kappa shape index (κ1) is 15.2. The largest absolute Gasteiger partial charge is 0.387 e. The number of amides is 1. The molecule has 1 amide bonds. The highest BCUT2D eigenvalue weighted by molar-refractivity contribution is 5.92. The van der Waals surface area contributed by atoms with Crippen molar-refractivity contribution in [2.75, 3.05) is 18.4 Å². The third-order valence-corrected chi connectivity index (χ3v) is 2.92. The number of carbonyl (C=O) groups excluding carboxylic acids is 1. The maximum Gasteiger partial charge on any atom is 0.238 e. The van der Waals surface area contributed by atoms with Gasteiger partial charge in [0.15, 0.2) is 0 Å². The Morgan fingerprint density at radius 3 is 2.62 bits per heavy atom. The quantitative estimate of drug-likeness (QED) is 0.762. The molecule has 0 aromatic heterocycles. The van der Waals surface area contributed by atoms with Crippen LogP contribution in [-0.4, -0.2) is 24.1 Å². The van der Waals surface area contributed by atoms with Gasteiger partial charge in [-0.25, -0.2) is 4.39 Å². The smallest absolute Gasteiger partial charge is 0.238 e. The number of anilines is 1. The van der Waals surface area contributed by atoms with Crippen LogP contribution < -0.4 is 10.6 Å². The van der Waals surface area contributed by atoms with E-state index in [9.17, 15) is 14.3 Å². The molecule has 0 spiro atoms. The minimum Gasteiger partial charge on any atom is -0.387 e. The van der Waals surface area contributed by atoms with E-state index in [0.717, 1.165) is 5.56 Å². The molecule has 0 saturated heterocycles. The Labute approximate surface area is 122 Å². The molecule has 3 N–H and O–H groups in total. The van der Waals surface area contributed by atoms with Crippen LogP contribution in [0.3, 0.4) is 0 Å². The van der Waals surface area contributed by atoms with Crippen LogP contribution in [0.2, 0.25) is 0 Å². The minimum absolute atomic E-state index is 0.0421. The van der Waals surface area contributed by atoms with E-state index in [0.29, 0.717) is 5.69 Å². The zero-order valence-corrected chi connectivity index (χ0v) is 11.4. The highest BCUT2D eigenvalue weighted by Crippen LogP contribution is 2.10. The van der Waals surface area contributed by atoms with E-state index in [2.05, 4.69) is 10.6 Å². The topological polar surface area (TPSA) is 61.4 Å². The van der Waals surface area contributed by atoms with Gasteiger partial charge in [-0.3, -0.25) is 4.79 Å². The summed E-state index contributed by atoms with van der Waals surface area (Å²) in [6, 6.07) is 14.9. The van der Waals surface area contributed by atoms with Gasteiger partial charge < -0.3 is 15.7 Å². The highest BCUT2D eigenvalue weighted by Gasteiger charge is 2.08. The molecule has 1 atom stereocenters. The van der Waals surface area contributed by atoms with Gasteiger partial charge in [0.05, 0.1) is 12.6 Å². The molecule has 2 aromatic rings. The molecule has 0 bridgehead atoms. The van der Waals surface area contributed by atoms with Gasteiger partial charge in [-0.15, -0.1) is 0 Å². The fourth-order valence-electron chi connectivity index (χ4n) is 1.89. The molecule has 0 aliphatic heterocycles. The maximum absolute atomic E-state index is 13.0. The Kier molecular flexibility index (Phi) is 5.43. The zero-order valence-electron chi connectivity index (χ0n) is 11.4. The van der Waals surface area contributed by atoms with Gasteiger partial charge in [0.25, 0.3) is 0 Å². The Morgan fingerprint density at radius 1 is 1.14 bits per heavy atom. The molecular weight excluding hydrogens is 271 g/mol. The summed E-state index contributed by atoms with van der Waals surface area (Å²) in [5, 5.41) is 15.4. The number of benzene rings is 2. The Hall–Kier alpha value is -2.24. The lowest BCUT2D eigenvalue weighted by Gasteiger charge is -2.12. The summed E-state index contributed by atoms with van der Waals surface area (Å²) >= 11 is 0. The van der Waals surface area contributed by atoms with Crippen molar-refractivity contribution in [3.8, 4) is 0 Å². The lowest BCUT2D eigenvalue weighted by atomic mass is 10.1. The second kappa shape index (κ2) is 7.52. The normalized spacial score (nSPS) is 11.9. The van der Waals surface area contributed by atoms with Crippen molar-refractivity contribution in [2.24, 2.45) is 0 Å². The van der Waals surface area contributed by atoms with Gasteiger partial charge in [0.1, 0.15) is 5.82 Å². The Bertz CT molecular complexity index is 590. The lowest BCUT2D eigenvalue weighted by molar-refractivity contribution is -0.115. The van der Waals surface area contributed by atoms with Gasteiger partial charge in [-0.1, -0.05) is 36.4 Å². The number of aliphatic hydroxyl groups is 1.